The predicted molar refractivity (Wildman–Crippen MR) is 125 cm³/mol. The number of hydrogen-bond donors (Lipinski definition) is 1. The van der Waals surface area contributed by atoms with Crippen LogP contribution in [-0.4, -0.2) is 77.8 Å². The molecule has 2 aliphatic heterocycles. The van der Waals surface area contributed by atoms with Crippen LogP contribution in [-0.2, 0) is 22.7 Å². The second kappa shape index (κ2) is 10.8. The summed E-state index contributed by atoms with van der Waals surface area (Å²) in [5.41, 5.74) is 2.25. The first-order valence-corrected chi connectivity index (χ1v) is 11.4. The maximum Gasteiger partial charge on any atom is 0.334 e. The Morgan fingerprint density at radius 2 is 1.89 bits per heavy atom. The van der Waals surface area contributed by atoms with Gasteiger partial charge in [0.1, 0.15) is 17.8 Å². The van der Waals surface area contributed by atoms with Gasteiger partial charge in [0, 0.05) is 25.8 Å². The topological polar surface area (TPSA) is 68.4 Å². The Labute approximate surface area is 203 Å². The Hall–Kier alpha value is -3.50. The molecule has 2 fully saturated rings. The van der Waals surface area contributed by atoms with Gasteiger partial charge in [-0.25, -0.2) is 23.6 Å². The van der Waals surface area contributed by atoms with Crippen molar-refractivity contribution < 1.29 is 23.1 Å². The third-order valence-electron chi connectivity index (χ3n) is 6.10. The molecular formula is C25H29F2N5O3. The van der Waals surface area contributed by atoms with E-state index in [1.54, 1.807) is 46.2 Å². The molecule has 1 N–H and O–H groups in total. The van der Waals surface area contributed by atoms with Gasteiger partial charge in [0.25, 0.3) is 0 Å². The third-order valence-corrected chi connectivity index (χ3v) is 6.10. The van der Waals surface area contributed by atoms with Gasteiger partial charge >= 0.3 is 6.03 Å². The summed E-state index contributed by atoms with van der Waals surface area (Å²) >= 11 is 0. The zero-order valence-electron chi connectivity index (χ0n) is 19.6. The Morgan fingerprint density at radius 3 is 2.63 bits per heavy atom. The van der Waals surface area contributed by atoms with Gasteiger partial charge in [-0.1, -0.05) is 30.8 Å². The van der Waals surface area contributed by atoms with E-state index in [9.17, 15) is 18.4 Å². The van der Waals surface area contributed by atoms with Crippen LogP contribution in [0.25, 0.3) is 0 Å². The fourth-order valence-electron chi connectivity index (χ4n) is 4.30. The number of hydrazine groups is 1. The summed E-state index contributed by atoms with van der Waals surface area (Å²) in [4.78, 5) is 29.4. The Morgan fingerprint density at radius 1 is 1.11 bits per heavy atom. The molecule has 2 aromatic rings. The number of halogens is 2. The normalized spacial score (nSPS) is 18.6. The third kappa shape index (κ3) is 5.95. The number of fused-ring (bicyclic) bond motifs is 1. The first-order valence-electron chi connectivity index (χ1n) is 11.4. The number of urea groups is 1. The highest BCUT2D eigenvalue weighted by Gasteiger charge is 2.43. The van der Waals surface area contributed by atoms with Gasteiger partial charge in [0.05, 0.1) is 32.8 Å². The van der Waals surface area contributed by atoms with Crippen LogP contribution in [0.3, 0.4) is 0 Å². The maximum atomic E-state index is 13.3. The van der Waals surface area contributed by atoms with Crippen LogP contribution < -0.4 is 5.32 Å². The minimum absolute atomic E-state index is 0.0759. The van der Waals surface area contributed by atoms with E-state index in [0.29, 0.717) is 13.1 Å². The fourth-order valence-corrected chi connectivity index (χ4v) is 4.30. The number of ether oxygens (including phenoxy) is 1. The minimum Gasteiger partial charge on any atom is -0.375 e. The van der Waals surface area contributed by atoms with Crippen LogP contribution in [0.1, 0.15) is 11.1 Å². The van der Waals surface area contributed by atoms with Crippen LogP contribution >= 0.6 is 0 Å². The lowest BCUT2D eigenvalue weighted by atomic mass is 10.2. The Balaban J connectivity index is 1.36. The molecule has 0 aromatic heterocycles. The number of rotatable bonds is 7. The molecule has 8 nitrogen and oxygen atoms in total. The maximum absolute atomic E-state index is 13.3. The number of piperazine rings is 1. The van der Waals surface area contributed by atoms with Crippen molar-refractivity contribution in [3.8, 4) is 0 Å². The zero-order chi connectivity index (χ0) is 24.9. The lowest BCUT2D eigenvalue weighted by Crippen LogP contribution is -2.70. The Bertz CT molecular complexity index is 1080. The zero-order valence-corrected chi connectivity index (χ0v) is 19.6. The summed E-state index contributed by atoms with van der Waals surface area (Å²) < 4.78 is 32.1. The molecule has 1 unspecified atom stereocenters. The fraction of sp³-hybridized carbons (Fsp3) is 0.360. The largest absolute Gasteiger partial charge is 0.375 e. The minimum atomic E-state index is -0.421. The smallest absolute Gasteiger partial charge is 0.334 e. The predicted octanol–water partition coefficient (Wildman–Crippen LogP) is 2.54. The van der Waals surface area contributed by atoms with Gasteiger partial charge in [-0.05, 0) is 35.4 Å². The first-order chi connectivity index (χ1) is 16.8. The molecule has 1 atom stereocenters. The van der Waals surface area contributed by atoms with E-state index in [4.69, 9.17) is 4.74 Å². The summed E-state index contributed by atoms with van der Waals surface area (Å²) in [7, 11) is 1.79. The highest BCUT2D eigenvalue weighted by atomic mass is 19.1. The second-order valence-corrected chi connectivity index (χ2v) is 8.64. The van der Waals surface area contributed by atoms with Crippen LogP contribution in [0.4, 0.5) is 13.6 Å². The number of nitrogens with one attached hydrogen (secondary N) is 1. The van der Waals surface area contributed by atoms with Crippen molar-refractivity contribution in [3.05, 3.63) is 83.6 Å². The van der Waals surface area contributed by atoms with Crippen molar-refractivity contribution in [2.75, 3.05) is 39.8 Å². The van der Waals surface area contributed by atoms with E-state index < -0.39 is 6.17 Å². The van der Waals surface area contributed by atoms with E-state index in [0.717, 1.165) is 16.8 Å². The van der Waals surface area contributed by atoms with E-state index >= 15 is 0 Å². The van der Waals surface area contributed by atoms with Crippen molar-refractivity contribution in [1.82, 2.24) is 25.1 Å². The highest BCUT2D eigenvalue weighted by Crippen LogP contribution is 2.25. The van der Waals surface area contributed by atoms with Gasteiger partial charge in [-0.2, -0.15) is 0 Å². The van der Waals surface area contributed by atoms with Crippen molar-refractivity contribution in [2.24, 2.45) is 0 Å². The summed E-state index contributed by atoms with van der Waals surface area (Å²) in [6.07, 6.45) is -0.421. The number of hydrogen-bond acceptors (Lipinski definition) is 5. The molecule has 10 heteroatoms. The number of nitrogens with zero attached hydrogens (tertiary/aromatic N) is 4. The SMILES string of the molecule is C=C1CN(C)N(C(=O)NCc2ccc(F)cc2)C2CN(CCOCc3cccc(F)c3)C(=O)CN12. The van der Waals surface area contributed by atoms with Crippen molar-refractivity contribution in [2.45, 2.75) is 19.3 Å². The number of carbonyl (C=O) groups is 2. The molecule has 0 spiro atoms. The molecule has 0 bridgehead atoms. The van der Waals surface area contributed by atoms with Gasteiger partial charge in [0.15, 0.2) is 0 Å². The van der Waals surface area contributed by atoms with Crippen molar-refractivity contribution >= 4 is 11.9 Å². The van der Waals surface area contributed by atoms with E-state index in [1.807, 2.05) is 4.90 Å². The summed E-state index contributed by atoms with van der Waals surface area (Å²) in [5.74, 6) is -0.735. The molecule has 35 heavy (non-hydrogen) atoms. The van der Waals surface area contributed by atoms with E-state index in [2.05, 4.69) is 11.9 Å². The molecule has 0 saturated carbocycles. The second-order valence-electron chi connectivity index (χ2n) is 8.64. The number of benzene rings is 2. The lowest BCUT2D eigenvalue weighted by molar-refractivity contribution is -0.154. The number of carbonyl (C=O) groups excluding carboxylic acids is 2. The molecule has 186 valence electrons. The molecule has 0 aliphatic carbocycles. The summed E-state index contributed by atoms with van der Waals surface area (Å²) in [5, 5.41) is 6.24. The lowest BCUT2D eigenvalue weighted by Gasteiger charge is -2.53. The van der Waals surface area contributed by atoms with Crippen molar-refractivity contribution in [1.29, 1.82) is 0 Å². The average molecular weight is 486 g/mol. The summed E-state index contributed by atoms with van der Waals surface area (Å²) in [6.45, 7) is 6.01. The molecule has 2 aromatic carbocycles. The van der Waals surface area contributed by atoms with Gasteiger partial charge in [-0.3, -0.25) is 4.79 Å². The van der Waals surface area contributed by atoms with E-state index in [-0.39, 0.29) is 56.4 Å². The molecular weight excluding hydrogens is 456 g/mol. The number of amides is 3. The molecule has 2 aliphatic rings. The average Bonchev–Trinajstić information content (AvgIpc) is 2.82. The molecule has 2 heterocycles. The quantitative estimate of drug-likeness (QED) is 0.611. The van der Waals surface area contributed by atoms with Gasteiger partial charge in [-0.15, -0.1) is 0 Å². The van der Waals surface area contributed by atoms with Gasteiger partial charge in [0.2, 0.25) is 5.91 Å². The molecule has 0 radical (unpaired) electrons. The van der Waals surface area contributed by atoms with Crippen LogP contribution in [0.2, 0.25) is 0 Å². The monoisotopic (exact) mass is 485 g/mol. The molecule has 3 amide bonds. The van der Waals surface area contributed by atoms with Gasteiger partial charge < -0.3 is 19.9 Å². The van der Waals surface area contributed by atoms with Crippen LogP contribution in [0, 0.1) is 11.6 Å². The number of likely N-dealkylation sites (N-methyl/N-ethyl adjacent to an activating group) is 1. The summed E-state index contributed by atoms with van der Waals surface area (Å²) in [6, 6.07) is 11.8. The first kappa shape index (κ1) is 24.6. The van der Waals surface area contributed by atoms with Crippen molar-refractivity contribution in [3.63, 3.8) is 0 Å². The molecule has 2 saturated heterocycles. The standard InChI is InChI=1S/C25H29F2N5O3/c1-18-14-29(2)32(25(34)28-13-19-6-8-21(26)9-7-19)23-15-30(24(33)16-31(18)23)10-11-35-17-20-4-3-5-22(27)12-20/h3-9,12,23H,1,10-11,13-17H2,2H3,(H,28,34). The molecule has 4 rings (SSSR count). The van der Waals surface area contributed by atoms with E-state index in [1.165, 1.54) is 24.3 Å². The van der Waals surface area contributed by atoms with Crippen LogP contribution in [0.15, 0.2) is 60.8 Å². The Kier molecular flexibility index (Phi) is 7.62. The highest BCUT2D eigenvalue weighted by molar-refractivity contribution is 5.80. The van der Waals surface area contributed by atoms with Crippen LogP contribution in [0.5, 0.6) is 0 Å².